The first kappa shape index (κ1) is 12.5. The van der Waals surface area contributed by atoms with Crippen LogP contribution in [0.1, 0.15) is 25.8 Å². The smallest absolute Gasteiger partial charge is 0.224 e. The SMILES string of the molecule is CC(C)=CCNc1cc2c(cc1N)CCC(=O)N2. The van der Waals surface area contributed by atoms with Gasteiger partial charge in [-0.25, -0.2) is 0 Å². The molecule has 18 heavy (non-hydrogen) atoms. The molecule has 96 valence electrons. The normalized spacial score (nSPS) is 13.6. The second kappa shape index (κ2) is 5.12. The molecule has 0 saturated carbocycles. The van der Waals surface area contributed by atoms with Gasteiger partial charge in [0.05, 0.1) is 11.4 Å². The van der Waals surface area contributed by atoms with Crippen molar-refractivity contribution in [1.82, 2.24) is 0 Å². The molecule has 1 aromatic rings. The van der Waals surface area contributed by atoms with Crippen LogP contribution >= 0.6 is 0 Å². The number of anilines is 3. The van der Waals surface area contributed by atoms with E-state index in [0.717, 1.165) is 35.6 Å². The molecule has 0 fully saturated rings. The molecule has 0 spiro atoms. The zero-order valence-corrected chi connectivity index (χ0v) is 10.8. The van der Waals surface area contributed by atoms with E-state index in [4.69, 9.17) is 5.73 Å². The third-order valence-corrected chi connectivity index (χ3v) is 2.97. The quantitative estimate of drug-likeness (QED) is 0.566. The van der Waals surface area contributed by atoms with Crippen LogP contribution in [0.25, 0.3) is 0 Å². The average molecular weight is 245 g/mol. The molecule has 0 aliphatic carbocycles. The summed E-state index contributed by atoms with van der Waals surface area (Å²) in [6.07, 6.45) is 3.40. The highest BCUT2D eigenvalue weighted by atomic mass is 16.1. The van der Waals surface area contributed by atoms with Crippen molar-refractivity contribution < 1.29 is 4.79 Å². The molecule has 1 aromatic carbocycles. The van der Waals surface area contributed by atoms with Gasteiger partial charge in [-0.1, -0.05) is 11.6 Å². The van der Waals surface area contributed by atoms with E-state index in [1.165, 1.54) is 5.57 Å². The topological polar surface area (TPSA) is 67.1 Å². The van der Waals surface area contributed by atoms with Crippen molar-refractivity contribution in [2.24, 2.45) is 0 Å². The van der Waals surface area contributed by atoms with Crippen LogP contribution in [-0.2, 0) is 11.2 Å². The Balaban J connectivity index is 2.18. The predicted molar refractivity (Wildman–Crippen MR) is 75.7 cm³/mol. The third kappa shape index (κ3) is 2.83. The van der Waals surface area contributed by atoms with Crippen molar-refractivity contribution in [1.29, 1.82) is 0 Å². The molecule has 0 unspecified atom stereocenters. The second-order valence-electron chi connectivity index (χ2n) is 4.81. The molecule has 4 N–H and O–H groups in total. The summed E-state index contributed by atoms with van der Waals surface area (Å²) in [6.45, 7) is 4.84. The molecule has 2 rings (SSSR count). The van der Waals surface area contributed by atoms with Gasteiger partial charge in [0.15, 0.2) is 0 Å². The van der Waals surface area contributed by atoms with Gasteiger partial charge in [0.1, 0.15) is 0 Å². The minimum absolute atomic E-state index is 0.0718. The lowest BCUT2D eigenvalue weighted by atomic mass is 10.0. The summed E-state index contributed by atoms with van der Waals surface area (Å²) in [5.41, 5.74) is 10.8. The maximum atomic E-state index is 11.4. The summed E-state index contributed by atoms with van der Waals surface area (Å²) in [5.74, 6) is 0.0718. The van der Waals surface area contributed by atoms with Gasteiger partial charge in [-0.05, 0) is 38.0 Å². The van der Waals surface area contributed by atoms with Crippen molar-refractivity contribution in [3.8, 4) is 0 Å². The van der Waals surface area contributed by atoms with E-state index < -0.39 is 0 Å². The number of nitrogens with two attached hydrogens (primary N) is 1. The van der Waals surface area contributed by atoms with Crippen molar-refractivity contribution in [2.75, 3.05) is 22.9 Å². The van der Waals surface area contributed by atoms with Gasteiger partial charge in [-0.3, -0.25) is 4.79 Å². The first-order valence-electron chi connectivity index (χ1n) is 6.16. The van der Waals surface area contributed by atoms with Crippen LogP contribution in [0.3, 0.4) is 0 Å². The Kier molecular flexibility index (Phi) is 3.55. The summed E-state index contributed by atoms with van der Waals surface area (Å²) >= 11 is 0. The number of hydrogen-bond acceptors (Lipinski definition) is 3. The average Bonchev–Trinajstić information content (AvgIpc) is 2.30. The van der Waals surface area contributed by atoms with Crippen LogP contribution in [0, 0.1) is 0 Å². The summed E-state index contributed by atoms with van der Waals surface area (Å²) in [4.78, 5) is 11.4. The monoisotopic (exact) mass is 245 g/mol. The zero-order chi connectivity index (χ0) is 13.1. The molecular weight excluding hydrogens is 226 g/mol. The summed E-state index contributed by atoms with van der Waals surface area (Å²) < 4.78 is 0. The van der Waals surface area contributed by atoms with Crippen LogP contribution in [0.5, 0.6) is 0 Å². The van der Waals surface area contributed by atoms with Crippen molar-refractivity contribution >= 4 is 23.0 Å². The van der Waals surface area contributed by atoms with Crippen LogP contribution in [0.15, 0.2) is 23.8 Å². The lowest BCUT2D eigenvalue weighted by Crippen LogP contribution is -2.19. The number of nitrogen functional groups attached to an aromatic ring is 1. The molecule has 0 radical (unpaired) electrons. The third-order valence-electron chi connectivity index (χ3n) is 2.97. The summed E-state index contributed by atoms with van der Waals surface area (Å²) in [5, 5.41) is 6.13. The Morgan fingerprint density at radius 2 is 2.22 bits per heavy atom. The van der Waals surface area contributed by atoms with Gasteiger partial charge in [-0.2, -0.15) is 0 Å². The number of nitrogens with one attached hydrogen (secondary N) is 2. The molecule has 4 nitrogen and oxygen atoms in total. The highest BCUT2D eigenvalue weighted by Gasteiger charge is 2.16. The fourth-order valence-corrected chi connectivity index (χ4v) is 1.97. The van der Waals surface area contributed by atoms with Gasteiger partial charge in [0.25, 0.3) is 0 Å². The van der Waals surface area contributed by atoms with E-state index >= 15 is 0 Å². The molecule has 0 saturated heterocycles. The van der Waals surface area contributed by atoms with Crippen molar-refractivity contribution in [2.45, 2.75) is 26.7 Å². The molecule has 0 aromatic heterocycles. The number of allylic oxidation sites excluding steroid dienone is 1. The lowest BCUT2D eigenvalue weighted by molar-refractivity contribution is -0.116. The van der Waals surface area contributed by atoms with E-state index in [-0.39, 0.29) is 5.91 Å². The summed E-state index contributed by atoms with van der Waals surface area (Å²) in [7, 11) is 0. The van der Waals surface area contributed by atoms with Gasteiger partial charge in [-0.15, -0.1) is 0 Å². The number of amides is 1. The minimum atomic E-state index is 0.0718. The maximum absolute atomic E-state index is 11.4. The van der Waals surface area contributed by atoms with Crippen LogP contribution in [-0.4, -0.2) is 12.5 Å². The van der Waals surface area contributed by atoms with Crippen molar-refractivity contribution in [3.63, 3.8) is 0 Å². The molecule has 0 atom stereocenters. The highest BCUT2D eigenvalue weighted by molar-refractivity contribution is 5.95. The van der Waals surface area contributed by atoms with Crippen molar-refractivity contribution in [3.05, 3.63) is 29.3 Å². The van der Waals surface area contributed by atoms with E-state index in [1.54, 1.807) is 0 Å². The standard InChI is InChI=1S/C14H19N3O/c1-9(2)5-6-16-13-8-12-10(7-11(13)15)3-4-14(18)17-12/h5,7-8,16H,3-4,6,15H2,1-2H3,(H,17,18). The van der Waals surface area contributed by atoms with Crippen LogP contribution in [0.2, 0.25) is 0 Å². The van der Waals surface area contributed by atoms with E-state index in [2.05, 4.69) is 30.6 Å². The fraction of sp³-hybridized carbons (Fsp3) is 0.357. The molecule has 1 amide bonds. The van der Waals surface area contributed by atoms with Gasteiger partial charge in [0, 0.05) is 18.7 Å². The largest absolute Gasteiger partial charge is 0.397 e. The fourth-order valence-electron chi connectivity index (χ4n) is 1.97. The highest BCUT2D eigenvalue weighted by Crippen LogP contribution is 2.30. The van der Waals surface area contributed by atoms with Crippen LogP contribution in [0.4, 0.5) is 17.1 Å². The second-order valence-corrected chi connectivity index (χ2v) is 4.81. The van der Waals surface area contributed by atoms with Gasteiger partial charge in [0.2, 0.25) is 5.91 Å². The molecule has 0 bridgehead atoms. The first-order valence-corrected chi connectivity index (χ1v) is 6.16. The Morgan fingerprint density at radius 3 is 2.94 bits per heavy atom. The zero-order valence-electron chi connectivity index (χ0n) is 10.8. The predicted octanol–water partition coefficient (Wildman–Crippen LogP) is 2.53. The molecule has 1 heterocycles. The van der Waals surface area contributed by atoms with E-state index in [9.17, 15) is 4.79 Å². The number of carbonyl (C=O) groups excluding carboxylic acids is 1. The number of hydrogen-bond donors (Lipinski definition) is 3. The van der Waals surface area contributed by atoms with E-state index in [0.29, 0.717) is 6.42 Å². The number of benzene rings is 1. The Bertz CT molecular complexity index is 502. The first-order chi connectivity index (χ1) is 8.56. The molecular formula is C14H19N3O. The number of rotatable bonds is 3. The lowest BCUT2D eigenvalue weighted by Gasteiger charge is -2.19. The Labute approximate surface area is 107 Å². The molecule has 1 aliphatic heterocycles. The summed E-state index contributed by atoms with van der Waals surface area (Å²) in [6, 6.07) is 3.86. The van der Waals surface area contributed by atoms with Gasteiger partial charge >= 0.3 is 0 Å². The Hall–Kier alpha value is -1.97. The number of aryl methyl sites for hydroxylation is 1. The minimum Gasteiger partial charge on any atom is -0.397 e. The Morgan fingerprint density at radius 1 is 1.44 bits per heavy atom. The molecule has 4 heteroatoms. The van der Waals surface area contributed by atoms with E-state index in [1.807, 2.05) is 12.1 Å². The van der Waals surface area contributed by atoms with Crippen LogP contribution < -0.4 is 16.4 Å². The van der Waals surface area contributed by atoms with Gasteiger partial charge < -0.3 is 16.4 Å². The molecule has 1 aliphatic rings. The maximum Gasteiger partial charge on any atom is 0.224 e. The number of fused-ring (bicyclic) bond motifs is 1. The number of carbonyl (C=O) groups is 1.